The van der Waals surface area contributed by atoms with Crippen molar-refractivity contribution in [3.8, 4) is 11.5 Å². The maximum Gasteiger partial charge on any atom is 0.173 e. The molecule has 0 radical (unpaired) electrons. The molecule has 0 saturated carbocycles. The summed E-state index contributed by atoms with van der Waals surface area (Å²) in [5.74, 6) is 1.59. The number of nitrogens with zero attached hydrogens (tertiary/aromatic N) is 2. The molecule has 1 heterocycles. The minimum Gasteiger partial charge on any atom is -0.455 e. The summed E-state index contributed by atoms with van der Waals surface area (Å²) in [6.07, 6.45) is 3.10. The Kier molecular flexibility index (Phi) is 4.42. The summed E-state index contributed by atoms with van der Waals surface area (Å²) >= 11 is 0. The summed E-state index contributed by atoms with van der Waals surface area (Å²) in [6, 6.07) is 7.57. The molecule has 0 spiro atoms. The van der Waals surface area contributed by atoms with Gasteiger partial charge in [-0.05, 0) is 42.2 Å². The first-order valence-corrected chi connectivity index (χ1v) is 6.73. The molecule has 110 valence electrons. The van der Waals surface area contributed by atoms with Gasteiger partial charge in [0.2, 0.25) is 0 Å². The third-order valence-electron chi connectivity index (χ3n) is 3.26. The number of benzene rings is 1. The molecule has 0 aliphatic heterocycles. The molecule has 2 aromatic rings. The van der Waals surface area contributed by atoms with Gasteiger partial charge in [-0.15, -0.1) is 0 Å². The molecule has 0 bridgehead atoms. The van der Waals surface area contributed by atoms with E-state index in [2.05, 4.69) is 37.0 Å². The Morgan fingerprint density at radius 1 is 1.33 bits per heavy atom. The normalized spacial score (nSPS) is 11.7. The predicted octanol–water partition coefficient (Wildman–Crippen LogP) is 3.40. The lowest BCUT2D eigenvalue weighted by Crippen LogP contribution is -2.14. The molecule has 0 atom stereocenters. The van der Waals surface area contributed by atoms with Crippen LogP contribution in [0.2, 0.25) is 0 Å². The number of nitrogens with two attached hydrogens (primary N) is 1. The van der Waals surface area contributed by atoms with Crippen molar-refractivity contribution in [3.63, 3.8) is 0 Å². The summed E-state index contributed by atoms with van der Waals surface area (Å²) < 4.78 is 5.81. The summed E-state index contributed by atoms with van der Waals surface area (Å²) in [6.45, 7) is 6.36. The number of oxime groups is 1. The van der Waals surface area contributed by atoms with Crippen molar-refractivity contribution in [3.05, 3.63) is 53.3 Å². The predicted molar refractivity (Wildman–Crippen MR) is 82.1 cm³/mol. The van der Waals surface area contributed by atoms with Crippen LogP contribution in [0, 0.1) is 6.92 Å². The summed E-state index contributed by atoms with van der Waals surface area (Å²) in [5.41, 5.74) is 8.58. The molecule has 1 aromatic carbocycles. The lowest BCUT2D eigenvalue weighted by Gasteiger charge is -2.13. The van der Waals surface area contributed by atoms with Crippen LogP contribution in [0.25, 0.3) is 0 Å². The Labute approximate surface area is 124 Å². The van der Waals surface area contributed by atoms with E-state index in [1.807, 2.05) is 12.1 Å². The second kappa shape index (κ2) is 6.26. The minimum absolute atomic E-state index is 0.0112. The molecule has 0 aliphatic rings. The molecule has 2 rings (SSSR count). The summed E-state index contributed by atoms with van der Waals surface area (Å²) in [5, 5.41) is 11.8. The van der Waals surface area contributed by atoms with Crippen molar-refractivity contribution in [1.29, 1.82) is 0 Å². The average molecular weight is 285 g/mol. The van der Waals surface area contributed by atoms with Crippen molar-refractivity contribution in [2.24, 2.45) is 10.9 Å². The number of hydrogen-bond acceptors (Lipinski definition) is 4. The quantitative estimate of drug-likeness (QED) is 0.390. The standard InChI is InChI=1S/C16H19N3O2/c1-10(2)13-5-4-12(8-11(13)3)21-15-9-18-7-6-14(15)16(17)19-20/h4-10,20H,1-3H3,(H2,17,19). The first-order valence-electron chi connectivity index (χ1n) is 6.73. The van der Waals surface area contributed by atoms with E-state index in [4.69, 9.17) is 15.7 Å². The lowest BCUT2D eigenvalue weighted by molar-refractivity contribution is 0.318. The number of rotatable bonds is 4. The molecule has 21 heavy (non-hydrogen) atoms. The van der Waals surface area contributed by atoms with Crippen LogP contribution in [0.1, 0.15) is 36.5 Å². The van der Waals surface area contributed by atoms with Crippen molar-refractivity contribution < 1.29 is 9.94 Å². The Hall–Kier alpha value is -2.56. The van der Waals surface area contributed by atoms with Crippen LogP contribution in [-0.2, 0) is 0 Å². The first-order chi connectivity index (χ1) is 10.0. The van der Waals surface area contributed by atoms with Crippen LogP contribution < -0.4 is 10.5 Å². The van der Waals surface area contributed by atoms with Crippen molar-refractivity contribution in [2.75, 3.05) is 0 Å². The van der Waals surface area contributed by atoms with Gasteiger partial charge in [0.05, 0.1) is 11.8 Å². The van der Waals surface area contributed by atoms with Crippen LogP contribution in [0.3, 0.4) is 0 Å². The van der Waals surface area contributed by atoms with Crippen molar-refractivity contribution in [1.82, 2.24) is 4.98 Å². The molecule has 0 unspecified atom stereocenters. The molecule has 5 nitrogen and oxygen atoms in total. The van der Waals surface area contributed by atoms with Gasteiger partial charge in [0.1, 0.15) is 5.75 Å². The molecule has 0 aliphatic carbocycles. The lowest BCUT2D eigenvalue weighted by atomic mass is 9.98. The van der Waals surface area contributed by atoms with Crippen molar-refractivity contribution >= 4 is 5.84 Å². The van der Waals surface area contributed by atoms with Gasteiger partial charge in [-0.2, -0.15) is 0 Å². The van der Waals surface area contributed by atoms with Crippen LogP contribution >= 0.6 is 0 Å². The van der Waals surface area contributed by atoms with E-state index in [1.165, 1.54) is 5.56 Å². The summed E-state index contributed by atoms with van der Waals surface area (Å²) in [7, 11) is 0. The highest BCUT2D eigenvalue weighted by Gasteiger charge is 2.10. The van der Waals surface area contributed by atoms with E-state index in [9.17, 15) is 0 Å². The Bertz CT molecular complexity index is 666. The molecule has 1 aromatic heterocycles. The largest absolute Gasteiger partial charge is 0.455 e. The number of hydrogen-bond donors (Lipinski definition) is 2. The zero-order chi connectivity index (χ0) is 15.4. The average Bonchev–Trinajstić information content (AvgIpc) is 2.46. The van der Waals surface area contributed by atoms with Gasteiger partial charge in [0.25, 0.3) is 0 Å². The van der Waals surface area contributed by atoms with E-state index in [1.54, 1.807) is 18.5 Å². The van der Waals surface area contributed by atoms with E-state index in [0.717, 1.165) is 5.56 Å². The highest BCUT2D eigenvalue weighted by atomic mass is 16.5. The number of aryl methyl sites for hydroxylation is 1. The molecule has 0 saturated heterocycles. The van der Waals surface area contributed by atoms with Gasteiger partial charge in [-0.1, -0.05) is 25.1 Å². The fourth-order valence-electron chi connectivity index (χ4n) is 2.21. The van der Waals surface area contributed by atoms with E-state index >= 15 is 0 Å². The highest BCUT2D eigenvalue weighted by Crippen LogP contribution is 2.28. The molecule has 5 heteroatoms. The smallest absolute Gasteiger partial charge is 0.173 e. The number of pyridine rings is 1. The third-order valence-corrected chi connectivity index (χ3v) is 3.26. The third kappa shape index (κ3) is 3.31. The first kappa shape index (κ1) is 14.8. The molecule has 3 N–H and O–H groups in total. The van der Waals surface area contributed by atoms with Crippen LogP contribution in [-0.4, -0.2) is 16.0 Å². The number of aromatic nitrogens is 1. The minimum atomic E-state index is -0.0112. The van der Waals surface area contributed by atoms with Crippen LogP contribution in [0.5, 0.6) is 11.5 Å². The van der Waals surface area contributed by atoms with E-state index in [0.29, 0.717) is 23.0 Å². The Balaban J connectivity index is 2.33. The molecule has 0 fully saturated rings. The maximum absolute atomic E-state index is 8.81. The molecular weight excluding hydrogens is 266 g/mol. The monoisotopic (exact) mass is 285 g/mol. The Morgan fingerprint density at radius 2 is 2.10 bits per heavy atom. The van der Waals surface area contributed by atoms with Crippen molar-refractivity contribution in [2.45, 2.75) is 26.7 Å². The van der Waals surface area contributed by atoms with Gasteiger partial charge in [0, 0.05) is 6.20 Å². The molecule has 0 amide bonds. The maximum atomic E-state index is 8.81. The van der Waals surface area contributed by atoms with E-state index < -0.39 is 0 Å². The van der Waals surface area contributed by atoms with E-state index in [-0.39, 0.29) is 5.84 Å². The number of amidine groups is 1. The fraction of sp³-hybridized carbons (Fsp3) is 0.250. The second-order valence-corrected chi connectivity index (χ2v) is 5.13. The zero-order valence-electron chi connectivity index (χ0n) is 12.4. The fourth-order valence-corrected chi connectivity index (χ4v) is 2.21. The van der Waals surface area contributed by atoms with Gasteiger partial charge in [-0.25, -0.2) is 0 Å². The van der Waals surface area contributed by atoms with Crippen LogP contribution in [0.15, 0.2) is 41.8 Å². The Morgan fingerprint density at radius 3 is 2.71 bits per heavy atom. The van der Waals surface area contributed by atoms with Gasteiger partial charge in [0.15, 0.2) is 11.6 Å². The van der Waals surface area contributed by atoms with Gasteiger partial charge < -0.3 is 15.7 Å². The number of ether oxygens (including phenoxy) is 1. The van der Waals surface area contributed by atoms with Gasteiger partial charge >= 0.3 is 0 Å². The highest BCUT2D eigenvalue weighted by molar-refractivity contribution is 5.99. The topological polar surface area (TPSA) is 80.7 Å². The second-order valence-electron chi connectivity index (χ2n) is 5.13. The van der Waals surface area contributed by atoms with Gasteiger partial charge in [-0.3, -0.25) is 4.98 Å². The van der Waals surface area contributed by atoms with Crippen LogP contribution in [0.4, 0.5) is 0 Å². The summed E-state index contributed by atoms with van der Waals surface area (Å²) in [4.78, 5) is 4.01. The molecular formula is C16H19N3O2. The zero-order valence-corrected chi connectivity index (χ0v) is 12.4. The SMILES string of the molecule is Cc1cc(Oc2cnccc2/C(N)=N/O)ccc1C(C)C.